The fraction of sp³-hybridized carbons (Fsp3) is 0.158. The Morgan fingerprint density at radius 3 is 2.42 bits per heavy atom. The Hall–Kier alpha value is -2.59. The van der Waals surface area contributed by atoms with Gasteiger partial charge in [0.2, 0.25) is 5.24 Å². The third kappa shape index (κ3) is 4.46. The number of benzene rings is 2. The lowest BCUT2D eigenvalue weighted by molar-refractivity contribution is -0.108. The molecule has 0 bridgehead atoms. The van der Waals surface area contributed by atoms with Crippen LogP contribution in [0.2, 0.25) is 0 Å². The summed E-state index contributed by atoms with van der Waals surface area (Å²) >= 11 is 5.40. The molecule has 0 heterocycles. The standard InChI is InChI=1S/C19H17ClO4/c1-12(18(20)21)10-14-8-9-17(16(11-14)19(22)23)24-13(2)15-6-4-3-5-7-15/h3-11,13H,1-2H3,(H,22,23)/b12-10-. The number of aromatic carboxylic acids is 1. The highest BCUT2D eigenvalue weighted by Crippen LogP contribution is 2.27. The topological polar surface area (TPSA) is 63.6 Å². The molecule has 1 unspecified atom stereocenters. The molecular formula is C19H17ClO4. The second kappa shape index (κ2) is 7.79. The quantitative estimate of drug-likeness (QED) is 0.609. The minimum Gasteiger partial charge on any atom is -0.485 e. The zero-order valence-corrected chi connectivity index (χ0v) is 14.1. The minimum atomic E-state index is -1.10. The molecule has 0 radical (unpaired) electrons. The highest BCUT2D eigenvalue weighted by atomic mass is 35.5. The van der Waals surface area contributed by atoms with Gasteiger partial charge >= 0.3 is 5.97 Å². The number of carboxylic acid groups (broad SMARTS) is 1. The molecule has 0 spiro atoms. The average molecular weight is 345 g/mol. The summed E-state index contributed by atoms with van der Waals surface area (Å²) in [6.07, 6.45) is 1.24. The van der Waals surface area contributed by atoms with Gasteiger partial charge in [0.1, 0.15) is 17.4 Å². The van der Waals surface area contributed by atoms with Crippen LogP contribution >= 0.6 is 11.6 Å². The minimum absolute atomic E-state index is 0.0290. The van der Waals surface area contributed by atoms with E-state index in [2.05, 4.69) is 0 Å². The van der Waals surface area contributed by atoms with Crippen molar-refractivity contribution in [1.82, 2.24) is 0 Å². The van der Waals surface area contributed by atoms with Crippen molar-refractivity contribution < 1.29 is 19.4 Å². The highest BCUT2D eigenvalue weighted by molar-refractivity contribution is 6.68. The summed E-state index contributed by atoms with van der Waals surface area (Å²) in [4.78, 5) is 22.6. The van der Waals surface area contributed by atoms with E-state index < -0.39 is 11.2 Å². The molecule has 0 amide bonds. The second-order valence-electron chi connectivity index (χ2n) is 5.33. The number of ether oxygens (including phenoxy) is 1. The summed E-state index contributed by atoms with van der Waals surface area (Å²) in [5.74, 6) is -0.832. The number of rotatable bonds is 6. The maximum Gasteiger partial charge on any atom is 0.339 e. The zero-order valence-electron chi connectivity index (χ0n) is 13.3. The van der Waals surface area contributed by atoms with Crippen LogP contribution in [0.15, 0.2) is 54.1 Å². The van der Waals surface area contributed by atoms with Crippen molar-refractivity contribution in [2.75, 3.05) is 0 Å². The summed E-state index contributed by atoms with van der Waals surface area (Å²) in [6, 6.07) is 14.2. The molecule has 1 atom stereocenters. The van der Waals surface area contributed by atoms with E-state index in [9.17, 15) is 14.7 Å². The molecule has 0 saturated carbocycles. The van der Waals surface area contributed by atoms with E-state index in [1.165, 1.54) is 12.1 Å². The molecule has 0 saturated heterocycles. The molecule has 0 aromatic heterocycles. The van der Waals surface area contributed by atoms with Crippen LogP contribution in [-0.4, -0.2) is 16.3 Å². The lowest BCUT2D eigenvalue weighted by atomic mass is 10.1. The van der Waals surface area contributed by atoms with Crippen LogP contribution in [0, 0.1) is 0 Å². The summed E-state index contributed by atoms with van der Waals surface area (Å²) < 4.78 is 5.81. The Morgan fingerprint density at radius 1 is 1.17 bits per heavy atom. The maximum atomic E-state index is 11.5. The molecule has 2 rings (SSSR count). The fourth-order valence-electron chi connectivity index (χ4n) is 2.20. The fourth-order valence-corrected chi connectivity index (χ4v) is 2.25. The molecular weight excluding hydrogens is 328 g/mol. The molecule has 5 heteroatoms. The van der Waals surface area contributed by atoms with Gasteiger partial charge in [-0.05, 0) is 54.8 Å². The van der Waals surface area contributed by atoms with Crippen molar-refractivity contribution in [2.45, 2.75) is 20.0 Å². The SMILES string of the molecule is C/C(=C/c1ccc(OC(C)c2ccccc2)c(C(=O)O)c1)C(=O)Cl. The Morgan fingerprint density at radius 2 is 1.83 bits per heavy atom. The number of halogens is 1. The van der Waals surface area contributed by atoms with Gasteiger partial charge in [-0.1, -0.05) is 36.4 Å². The summed E-state index contributed by atoms with van der Waals surface area (Å²) in [6.45, 7) is 3.42. The highest BCUT2D eigenvalue weighted by Gasteiger charge is 2.15. The predicted molar refractivity (Wildman–Crippen MR) is 93.4 cm³/mol. The third-order valence-corrected chi connectivity index (χ3v) is 3.80. The molecule has 0 aliphatic rings. The van der Waals surface area contributed by atoms with Crippen molar-refractivity contribution in [3.8, 4) is 5.75 Å². The van der Waals surface area contributed by atoms with E-state index in [0.29, 0.717) is 11.1 Å². The summed E-state index contributed by atoms with van der Waals surface area (Å²) in [7, 11) is 0. The van der Waals surface area contributed by atoms with Crippen LogP contribution in [0.3, 0.4) is 0 Å². The van der Waals surface area contributed by atoms with Crippen LogP contribution in [-0.2, 0) is 4.79 Å². The van der Waals surface area contributed by atoms with Crippen LogP contribution < -0.4 is 4.74 Å². The van der Waals surface area contributed by atoms with Crippen molar-refractivity contribution in [2.24, 2.45) is 0 Å². The summed E-state index contributed by atoms with van der Waals surface area (Å²) in [5.41, 5.74) is 1.88. The van der Waals surface area contributed by atoms with Gasteiger partial charge in [-0.15, -0.1) is 0 Å². The van der Waals surface area contributed by atoms with E-state index >= 15 is 0 Å². The smallest absolute Gasteiger partial charge is 0.339 e. The number of carbonyl (C=O) groups excluding carboxylic acids is 1. The van der Waals surface area contributed by atoms with Crippen molar-refractivity contribution in [3.63, 3.8) is 0 Å². The van der Waals surface area contributed by atoms with Crippen LogP contribution in [0.5, 0.6) is 5.75 Å². The van der Waals surface area contributed by atoms with Gasteiger partial charge < -0.3 is 9.84 Å². The van der Waals surface area contributed by atoms with Gasteiger partial charge in [0.05, 0.1) is 0 Å². The average Bonchev–Trinajstić information content (AvgIpc) is 2.56. The van der Waals surface area contributed by atoms with E-state index in [4.69, 9.17) is 16.3 Å². The molecule has 0 aliphatic carbocycles. The van der Waals surface area contributed by atoms with Crippen LogP contribution in [0.4, 0.5) is 0 Å². The summed E-state index contributed by atoms with van der Waals surface area (Å²) in [5, 5.41) is 8.84. The predicted octanol–water partition coefficient (Wildman–Crippen LogP) is 4.69. The molecule has 0 fully saturated rings. The van der Waals surface area contributed by atoms with Gasteiger partial charge in [-0.25, -0.2) is 4.79 Å². The third-order valence-electron chi connectivity index (χ3n) is 3.50. The first kappa shape index (κ1) is 17.8. The van der Waals surface area contributed by atoms with Crippen molar-refractivity contribution in [3.05, 3.63) is 70.8 Å². The molecule has 124 valence electrons. The molecule has 24 heavy (non-hydrogen) atoms. The second-order valence-corrected chi connectivity index (χ2v) is 5.68. The van der Waals surface area contributed by atoms with Gasteiger partial charge in [-0.2, -0.15) is 0 Å². The van der Waals surface area contributed by atoms with E-state index in [1.54, 1.807) is 19.1 Å². The van der Waals surface area contributed by atoms with Crippen molar-refractivity contribution in [1.29, 1.82) is 0 Å². The Balaban J connectivity index is 2.32. The van der Waals surface area contributed by atoms with Gasteiger partial charge in [-0.3, -0.25) is 4.79 Å². The Kier molecular flexibility index (Phi) is 5.77. The van der Waals surface area contributed by atoms with Crippen molar-refractivity contribution >= 4 is 28.9 Å². The van der Waals surface area contributed by atoms with E-state index in [1.807, 2.05) is 37.3 Å². The molecule has 4 nitrogen and oxygen atoms in total. The van der Waals surface area contributed by atoms with E-state index in [0.717, 1.165) is 5.56 Å². The molecule has 0 aliphatic heterocycles. The van der Waals surface area contributed by atoms with Gasteiger partial charge in [0.25, 0.3) is 0 Å². The number of carboxylic acids is 1. The van der Waals surface area contributed by atoms with Gasteiger partial charge in [0, 0.05) is 5.57 Å². The van der Waals surface area contributed by atoms with Crippen LogP contribution in [0.1, 0.15) is 41.4 Å². The van der Waals surface area contributed by atoms with Crippen LogP contribution in [0.25, 0.3) is 6.08 Å². The Labute approximate surface area is 145 Å². The molecule has 1 N–H and O–H groups in total. The first-order chi connectivity index (χ1) is 11.4. The lowest BCUT2D eigenvalue weighted by Gasteiger charge is -2.17. The number of allylic oxidation sites excluding steroid dienone is 1. The monoisotopic (exact) mass is 344 g/mol. The normalized spacial score (nSPS) is 12.5. The zero-order chi connectivity index (χ0) is 17.7. The maximum absolute atomic E-state index is 11.5. The first-order valence-corrected chi connectivity index (χ1v) is 7.73. The van der Waals surface area contributed by atoms with E-state index in [-0.39, 0.29) is 17.4 Å². The number of hydrogen-bond donors (Lipinski definition) is 1. The number of hydrogen-bond acceptors (Lipinski definition) is 3. The number of carbonyl (C=O) groups is 2. The Bertz CT molecular complexity index is 781. The molecule has 2 aromatic rings. The van der Waals surface area contributed by atoms with Gasteiger partial charge in [0.15, 0.2) is 0 Å². The largest absolute Gasteiger partial charge is 0.485 e. The lowest BCUT2D eigenvalue weighted by Crippen LogP contribution is -2.07. The first-order valence-electron chi connectivity index (χ1n) is 7.35. The molecule has 2 aromatic carbocycles.